The molecule has 2 heterocycles. The van der Waals surface area contributed by atoms with Crippen LogP contribution in [0.2, 0.25) is 0 Å². The molecule has 1 aliphatic carbocycles. The van der Waals surface area contributed by atoms with E-state index in [0.717, 1.165) is 11.1 Å². The summed E-state index contributed by atoms with van der Waals surface area (Å²) in [5.41, 5.74) is 3.25. The van der Waals surface area contributed by atoms with Crippen LogP contribution < -0.4 is 5.32 Å². The van der Waals surface area contributed by atoms with Crippen molar-refractivity contribution in [3.63, 3.8) is 0 Å². The van der Waals surface area contributed by atoms with Gasteiger partial charge in [0, 0.05) is 17.6 Å². The Balaban J connectivity index is 2.08. The average molecular weight is 342 g/mol. The third-order valence-corrected chi connectivity index (χ3v) is 5.54. The van der Waals surface area contributed by atoms with Crippen LogP contribution in [-0.2, 0) is 11.2 Å². The van der Waals surface area contributed by atoms with Gasteiger partial charge in [-0.25, -0.2) is 4.79 Å². The first-order valence-electron chi connectivity index (χ1n) is 7.74. The van der Waals surface area contributed by atoms with E-state index in [1.165, 1.54) is 16.7 Å². The molecule has 1 aromatic heterocycles. The second-order valence-electron chi connectivity index (χ2n) is 6.01. The van der Waals surface area contributed by atoms with Gasteiger partial charge in [0.15, 0.2) is 11.9 Å². The molecule has 0 radical (unpaired) electrons. The molecule has 6 heteroatoms. The zero-order chi connectivity index (χ0) is 16.8. The maximum absolute atomic E-state index is 12.6. The lowest BCUT2D eigenvalue weighted by Crippen LogP contribution is -2.94. The number of rotatable bonds is 0. The lowest BCUT2D eigenvalue weighted by Gasteiger charge is -2.26. The van der Waals surface area contributed by atoms with Gasteiger partial charge in [-0.05, 0) is 28.1 Å². The van der Waals surface area contributed by atoms with Crippen LogP contribution in [0.4, 0.5) is 0 Å². The summed E-state index contributed by atoms with van der Waals surface area (Å²) in [6, 6.07) is 9.29. The normalized spacial score (nSPS) is 26.8. The van der Waals surface area contributed by atoms with E-state index in [-0.39, 0.29) is 18.7 Å². The number of ketones is 1. The summed E-state index contributed by atoms with van der Waals surface area (Å²) in [6.45, 7) is 0.171. The van der Waals surface area contributed by atoms with Crippen molar-refractivity contribution in [2.75, 3.05) is 6.54 Å². The predicted octanol–water partition coefficient (Wildman–Crippen LogP) is 0.114. The molecular formula is C18H16NO4S+. The third kappa shape index (κ3) is 2.27. The van der Waals surface area contributed by atoms with Gasteiger partial charge in [-0.2, -0.15) is 0 Å². The number of fused-ring (bicyclic) bond motifs is 2. The number of carbonyl (C=O) groups is 2. The first kappa shape index (κ1) is 15.4. The van der Waals surface area contributed by atoms with Gasteiger partial charge < -0.3 is 10.2 Å². The maximum Gasteiger partial charge on any atom is 0.343 e. The number of nitrogens with two attached hydrogens (primary N) is 1. The van der Waals surface area contributed by atoms with Gasteiger partial charge in [-0.3, -0.25) is 10.1 Å². The monoisotopic (exact) mass is 342 g/mol. The standard InChI is InChI=1S/C18H15NO4S/c20-12-7-9-3-1-2-4-10(9)14(11-5-6-24-17(11)12)15-13(21)8-19-18(23)16(15)22/h1-6,13,16,21-22H,7-8H2,(H,19,23)/p+1/b15-14+. The minimum atomic E-state index is -1.38. The van der Waals surface area contributed by atoms with Crippen LogP contribution in [0.15, 0.2) is 41.3 Å². The van der Waals surface area contributed by atoms with E-state index in [2.05, 4.69) is 0 Å². The van der Waals surface area contributed by atoms with E-state index in [4.69, 9.17) is 0 Å². The lowest BCUT2D eigenvalue weighted by molar-refractivity contribution is -0.583. The number of Topliss-reactive ketones (excluding diaryl/α,β-unsaturated/α-hetero) is 1. The predicted molar refractivity (Wildman–Crippen MR) is 88.6 cm³/mol. The lowest BCUT2D eigenvalue weighted by atomic mass is 9.85. The fraction of sp³-hybridized carbons (Fsp3) is 0.222. The molecule has 1 saturated heterocycles. The van der Waals surface area contributed by atoms with E-state index in [0.29, 0.717) is 21.6 Å². The van der Waals surface area contributed by atoms with E-state index in [1.54, 1.807) is 0 Å². The fourth-order valence-electron chi connectivity index (χ4n) is 3.45. The summed E-state index contributed by atoms with van der Waals surface area (Å²) in [5.74, 6) is -0.395. The van der Waals surface area contributed by atoms with Crippen LogP contribution in [0.1, 0.15) is 26.4 Å². The Kier molecular flexibility index (Phi) is 3.69. The second kappa shape index (κ2) is 5.75. The highest BCUT2D eigenvalue weighted by Gasteiger charge is 2.39. The molecule has 1 fully saturated rings. The molecule has 0 spiro atoms. The molecule has 0 saturated carbocycles. The molecule has 0 bridgehead atoms. The molecule has 4 rings (SSSR count). The largest absolute Gasteiger partial charge is 0.383 e. The van der Waals surface area contributed by atoms with Crippen LogP contribution in [0, 0.1) is 0 Å². The van der Waals surface area contributed by atoms with Crippen LogP contribution in [0.5, 0.6) is 0 Å². The van der Waals surface area contributed by atoms with Crippen molar-refractivity contribution >= 4 is 28.6 Å². The first-order chi connectivity index (χ1) is 11.6. The summed E-state index contributed by atoms with van der Waals surface area (Å²) in [5, 5.41) is 24.0. The number of primary amides is 1. The summed E-state index contributed by atoms with van der Waals surface area (Å²) < 4.78 is 0. The molecule has 1 aliphatic heterocycles. The number of carbonyl (C=O) groups excluding carboxylic acids is 2. The zero-order valence-corrected chi connectivity index (χ0v) is 13.5. The molecular weight excluding hydrogens is 326 g/mol. The molecule has 2 unspecified atom stereocenters. The van der Waals surface area contributed by atoms with E-state index < -0.39 is 18.1 Å². The minimum Gasteiger partial charge on any atom is -0.383 e. The summed E-state index contributed by atoms with van der Waals surface area (Å²) in [6.07, 6.45) is -2.05. The third-order valence-electron chi connectivity index (χ3n) is 4.58. The Labute approximate surface area is 142 Å². The minimum absolute atomic E-state index is 0.0146. The SMILES string of the molecule is O=C1Cc2ccccc2/C(=C2/C(O)C[NH2+]C(=O)C2O)c2ccsc21. The van der Waals surface area contributed by atoms with Crippen molar-refractivity contribution in [2.24, 2.45) is 0 Å². The number of piperidine rings is 1. The number of amides is 1. The topological polar surface area (TPSA) is 91.2 Å². The Bertz CT molecular complexity index is 883. The molecule has 4 N–H and O–H groups in total. The molecule has 5 nitrogen and oxygen atoms in total. The highest BCUT2D eigenvalue weighted by Crippen LogP contribution is 2.39. The molecule has 122 valence electrons. The summed E-state index contributed by atoms with van der Waals surface area (Å²) in [7, 11) is 0. The van der Waals surface area contributed by atoms with Gasteiger partial charge in [0.05, 0.1) is 4.88 Å². The van der Waals surface area contributed by atoms with Gasteiger partial charge in [0.2, 0.25) is 0 Å². The first-order valence-corrected chi connectivity index (χ1v) is 8.62. The Morgan fingerprint density at radius 3 is 2.71 bits per heavy atom. The van der Waals surface area contributed by atoms with Crippen LogP contribution >= 0.6 is 11.3 Å². The van der Waals surface area contributed by atoms with Crippen molar-refractivity contribution in [1.29, 1.82) is 0 Å². The van der Waals surface area contributed by atoms with Crippen LogP contribution in [0.25, 0.3) is 5.57 Å². The van der Waals surface area contributed by atoms with E-state index >= 15 is 0 Å². The number of hydrogen-bond acceptors (Lipinski definition) is 5. The van der Waals surface area contributed by atoms with Crippen LogP contribution in [-0.4, -0.2) is 40.7 Å². The maximum atomic E-state index is 12.6. The molecule has 1 amide bonds. The quantitative estimate of drug-likeness (QED) is 0.634. The van der Waals surface area contributed by atoms with Gasteiger partial charge in [-0.1, -0.05) is 24.3 Å². The molecule has 2 aliphatic rings. The Hall–Kier alpha value is -2.12. The van der Waals surface area contributed by atoms with Gasteiger partial charge >= 0.3 is 5.91 Å². The molecule has 2 atom stereocenters. The fourth-order valence-corrected chi connectivity index (χ4v) is 4.30. The highest BCUT2D eigenvalue weighted by molar-refractivity contribution is 7.12. The number of benzene rings is 1. The van der Waals surface area contributed by atoms with E-state index in [1.807, 2.05) is 35.7 Å². The Morgan fingerprint density at radius 2 is 1.88 bits per heavy atom. The van der Waals surface area contributed by atoms with E-state index in [9.17, 15) is 19.8 Å². The van der Waals surface area contributed by atoms with Crippen LogP contribution in [0.3, 0.4) is 0 Å². The smallest absolute Gasteiger partial charge is 0.343 e. The Morgan fingerprint density at radius 1 is 1.08 bits per heavy atom. The van der Waals surface area contributed by atoms with Gasteiger partial charge in [0.25, 0.3) is 0 Å². The summed E-state index contributed by atoms with van der Waals surface area (Å²) in [4.78, 5) is 25.2. The second-order valence-corrected chi connectivity index (χ2v) is 6.93. The molecule has 1 aromatic carbocycles. The number of aliphatic hydroxyl groups excluding tert-OH is 2. The highest BCUT2D eigenvalue weighted by atomic mass is 32.1. The van der Waals surface area contributed by atoms with Crippen molar-refractivity contribution in [1.82, 2.24) is 0 Å². The van der Waals surface area contributed by atoms with Crippen molar-refractivity contribution < 1.29 is 25.1 Å². The number of hydrogen-bond donors (Lipinski definition) is 3. The zero-order valence-electron chi connectivity index (χ0n) is 12.7. The number of quaternary nitrogens is 1. The number of thiophene rings is 1. The summed E-state index contributed by atoms with van der Waals surface area (Å²) >= 11 is 1.35. The molecule has 24 heavy (non-hydrogen) atoms. The number of aliphatic hydroxyl groups is 2. The van der Waals surface area contributed by atoms with Crippen molar-refractivity contribution in [2.45, 2.75) is 18.6 Å². The van der Waals surface area contributed by atoms with Crippen molar-refractivity contribution in [3.05, 3.63) is 62.9 Å². The van der Waals surface area contributed by atoms with Gasteiger partial charge in [0.1, 0.15) is 12.6 Å². The van der Waals surface area contributed by atoms with Crippen molar-refractivity contribution in [3.8, 4) is 0 Å². The van der Waals surface area contributed by atoms with Gasteiger partial charge in [-0.15, -0.1) is 11.3 Å². The average Bonchev–Trinajstić information content (AvgIpc) is 3.01. The molecule has 2 aromatic rings.